The molecule has 0 radical (unpaired) electrons. The van der Waals surface area contributed by atoms with Crippen molar-refractivity contribution < 1.29 is 0 Å². The highest BCUT2D eigenvalue weighted by Gasteiger charge is 2.34. The zero-order chi connectivity index (χ0) is 32.4. The molecule has 0 aliphatic heterocycles. The van der Waals surface area contributed by atoms with Crippen molar-refractivity contribution >= 4 is 43.1 Å². The van der Waals surface area contributed by atoms with E-state index in [1.54, 1.807) is 0 Å². The van der Waals surface area contributed by atoms with Crippen LogP contribution in [0.25, 0.3) is 98.7 Å². The molecule has 0 spiro atoms. The van der Waals surface area contributed by atoms with Crippen molar-refractivity contribution in [1.82, 2.24) is 0 Å². The van der Waals surface area contributed by atoms with Crippen LogP contribution in [-0.2, 0) is 5.41 Å². The van der Waals surface area contributed by atoms with Gasteiger partial charge in [-0.15, -0.1) is 0 Å². The van der Waals surface area contributed by atoms with Gasteiger partial charge in [0.15, 0.2) is 0 Å². The summed E-state index contributed by atoms with van der Waals surface area (Å²) in [5, 5.41) is 10.5. The third-order valence-corrected chi connectivity index (χ3v) is 11.6. The maximum absolute atomic E-state index is 2.39. The van der Waals surface area contributed by atoms with Gasteiger partial charge in [0, 0.05) is 5.41 Å². The summed E-state index contributed by atoms with van der Waals surface area (Å²) in [4.78, 5) is 0. The van der Waals surface area contributed by atoms with Gasteiger partial charge in [0.2, 0.25) is 0 Å². The average molecular weight is 621 g/mol. The van der Waals surface area contributed by atoms with Gasteiger partial charge in [0.25, 0.3) is 0 Å². The summed E-state index contributed by atoms with van der Waals surface area (Å²) >= 11 is 0. The van der Waals surface area contributed by atoms with E-state index in [0.717, 1.165) is 0 Å². The highest BCUT2D eigenvalue weighted by atomic mass is 14.4. The molecule has 0 heterocycles. The minimum absolute atomic E-state index is 0.0921. The van der Waals surface area contributed by atoms with Crippen LogP contribution < -0.4 is 0 Å². The van der Waals surface area contributed by atoms with Crippen molar-refractivity contribution in [2.45, 2.75) is 19.3 Å². The van der Waals surface area contributed by atoms with E-state index in [9.17, 15) is 0 Å². The van der Waals surface area contributed by atoms with Crippen LogP contribution in [0.2, 0.25) is 0 Å². The Hall–Kier alpha value is -5.98. The monoisotopic (exact) mass is 620 g/mol. The lowest BCUT2D eigenvalue weighted by molar-refractivity contribution is 0.645. The van der Waals surface area contributed by atoms with Gasteiger partial charge < -0.3 is 0 Å². The first-order valence-corrected chi connectivity index (χ1v) is 17.4. The van der Waals surface area contributed by atoms with E-state index in [1.807, 2.05) is 0 Å². The molecule has 2 aliphatic carbocycles. The first kappa shape index (κ1) is 27.0. The van der Waals surface area contributed by atoms with Crippen LogP contribution in [0.15, 0.2) is 158 Å². The normalized spacial score (nSPS) is 13.7. The molecule has 9 aromatic carbocycles. The summed E-state index contributed by atoms with van der Waals surface area (Å²) < 4.78 is 0. The van der Waals surface area contributed by atoms with E-state index in [-0.39, 0.29) is 5.41 Å². The van der Waals surface area contributed by atoms with Gasteiger partial charge in [0.05, 0.1) is 0 Å². The Morgan fingerprint density at radius 2 is 0.633 bits per heavy atom. The van der Waals surface area contributed by atoms with Crippen LogP contribution in [-0.4, -0.2) is 0 Å². The Morgan fingerprint density at radius 1 is 0.265 bits per heavy atom. The molecule has 0 heteroatoms. The molecular weight excluding hydrogens is 589 g/mol. The van der Waals surface area contributed by atoms with Gasteiger partial charge in [-0.2, -0.15) is 0 Å². The smallest absolute Gasteiger partial charge is 0.0159 e. The van der Waals surface area contributed by atoms with Crippen LogP contribution in [0.3, 0.4) is 0 Å². The molecule has 2 aliphatic rings. The van der Waals surface area contributed by atoms with Crippen molar-refractivity contribution in [1.29, 1.82) is 0 Å². The summed E-state index contributed by atoms with van der Waals surface area (Å²) in [6.45, 7) is 4.76. The van der Waals surface area contributed by atoms with Gasteiger partial charge in [-0.25, -0.2) is 0 Å². The largest absolute Gasteiger partial charge is 0.0619 e. The predicted octanol–water partition coefficient (Wildman–Crippen LogP) is 13.6. The topological polar surface area (TPSA) is 0 Å². The Labute approximate surface area is 285 Å². The molecule has 0 nitrogen and oxygen atoms in total. The lowest BCUT2D eigenvalue weighted by Crippen LogP contribution is -2.23. The molecule has 0 fully saturated rings. The Kier molecular flexibility index (Phi) is 5.27. The van der Waals surface area contributed by atoms with Crippen LogP contribution in [0, 0.1) is 0 Å². The van der Waals surface area contributed by atoms with E-state index in [1.165, 1.54) is 110 Å². The number of rotatable bonds is 2. The van der Waals surface area contributed by atoms with E-state index in [0.29, 0.717) is 0 Å². The van der Waals surface area contributed by atoms with E-state index >= 15 is 0 Å². The maximum Gasteiger partial charge on any atom is 0.0159 e. The van der Waals surface area contributed by atoms with Crippen molar-refractivity contribution in [3.05, 3.63) is 169 Å². The summed E-state index contributed by atoms with van der Waals surface area (Å²) in [7, 11) is 0. The van der Waals surface area contributed by atoms with Crippen LogP contribution >= 0.6 is 0 Å². The molecule has 11 rings (SSSR count). The van der Waals surface area contributed by atoms with E-state index in [4.69, 9.17) is 0 Å². The van der Waals surface area contributed by atoms with Crippen LogP contribution in [0.1, 0.15) is 25.0 Å². The summed E-state index contributed by atoms with van der Waals surface area (Å²) in [5.41, 5.74) is 16.0. The second-order valence-electron chi connectivity index (χ2n) is 14.3. The number of benzene rings is 9. The molecule has 0 bridgehead atoms. The van der Waals surface area contributed by atoms with Crippen molar-refractivity contribution in [3.8, 4) is 55.6 Å². The van der Waals surface area contributed by atoms with Crippen LogP contribution in [0.5, 0.6) is 0 Å². The number of fused-ring (bicyclic) bond motifs is 7. The Bertz CT molecular complexity index is 2810. The molecule has 49 heavy (non-hydrogen) atoms. The summed E-state index contributed by atoms with van der Waals surface area (Å²) in [6, 6.07) is 59.3. The zero-order valence-corrected chi connectivity index (χ0v) is 27.5. The van der Waals surface area contributed by atoms with E-state index in [2.05, 4.69) is 172 Å². The lowest BCUT2D eigenvalue weighted by Gasteiger charge is -2.35. The molecule has 9 aromatic rings. The molecule has 0 aromatic heterocycles. The van der Waals surface area contributed by atoms with E-state index < -0.39 is 0 Å². The molecular formula is C49H32. The van der Waals surface area contributed by atoms with Gasteiger partial charge >= 0.3 is 0 Å². The van der Waals surface area contributed by atoms with Gasteiger partial charge in [-0.05, 0) is 110 Å². The molecule has 0 N–H and O–H groups in total. The molecule has 228 valence electrons. The third kappa shape index (κ3) is 3.43. The summed E-state index contributed by atoms with van der Waals surface area (Å²) in [5.74, 6) is 0. The SMILES string of the molecule is CC1(C)c2ccccc2-c2ccc(-c3c4ccccc4c(-c4ccc5c6c(cccc46)-c4ccccc4-5)c4ccccc34)c3cccc1c23. The third-order valence-electron chi connectivity index (χ3n) is 11.6. The predicted molar refractivity (Wildman–Crippen MR) is 209 cm³/mol. The quantitative estimate of drug-likeness (QED) is 0.169. The second-order valence-corrected chi connectivity index (χ2v) is 14.3. The standard InChI is InChI=1S/C49H32/c1-49(2)43-23-10-9-15-31(43)40-26-28-42(38-22-12-24-44(49)48(38)40)47-35-18-7-5-16-33(35)46(34-17-6-8-19-36(34)47)41-27-25-39-30-14-4-3-13-29(30)32-20-11-21-37(41)45(32)39/h3-28H,1-2H3. The molecule has 0 saturated carbocycles. The highest BCUT2D eigenvalue weighted by molar-refractivity contribution is 6.28. The first-order chi connectivity index (χ1) is 24.1. The minimum atomic E-state index is -0.0921. The van der Waals surface area contributed by atoms with Gasteiger partial charge in [0.1, 0.15) is 0 Å². The first-order valence-electron chi connectivity index (χ1n) is 17.4. The number of hydrogen-bond donors (Lipinski definition) is 0. The zero-order valence-electron chi connectivity index (χ0n) is 27.5. The molecule has 0 amide bonds. The van der Waals surface area contributed by atoms with Gasteiger partial charge in [-0.1, -0.05) is 172 Å². The highest BCUT2D eigenvalue weighted by Crippen LogP contribution is 2.54. The van der Waals surface area contributed by atoms with Crippen LogP contribution in [0.4, 0.5) is 0 Å². The summed E-state index contributed by atoms with van der Waals surface area (Å²) in [6.07, 6.45) is 0. The van der Waals surface area contributed by atoms with Crippen molar-refractivity contribution in [2.24, 2.45) is 0 Å². The van der Waals surface area contributed by atoms with Gasteiger partial charge in [-0.3, -0.25) is 0 Å². The fourth-order valence-electron chi connectivity index (χ4n) is 9.51. The molecule has 0 atom stereocenters. The number of hydrogen-bond acceptors (Lipinski definition) is 0. The maximum atomic E-state index is 2.39. The lowest BCUT2D eigenvalue weighted by atomic mass is 9.68. The molecule has 0 unspecified atom stereocenters. The fraction of sp³-hybridized carbons (Fsp3) is 0.0612. The average Bonchev–Trinajstić information content (AvgIpc) is 3.48. The van der Waals surface area contributed by atoms with Crippen molar-refractivity contribution in [3.63, 3.8) is 0 Å². The second kappa shape index (κ2) is 9.56. The van der Waals surface area contributed by atoms with Crippen molar-refractivity contribution in [2.75, 3.05) is 0 Å². The fourth-order valence-corrected chi connectivity index (χ4v) is 9.51. The Balaban J connectivity index is 1.25. The minimum Gasteiger partial charge on any atom is -0.0619 e. The Morgan fingerprint density at radius 3 is 1.22 bits per heavy atom. The molecule has 0 saturated heterocycles.